The average molecular weight is 647 g/mol. The molecular weight excluding hydrogens is 588 g/mol. The summed E-state index contributed by atoms with van der Waals surface area (Å²) in [5, 5.41) is 5.94. The second-order valence-corrected chi connectivity index (χ2v) is 14.4. The van der Waals surface area contributed by atoms with Crippen molar-refractivity contribution in [3.63, 3.8) is 0 Å². The molecule has 5 atom stereocenters. The molecule has 2 amide bonds. The van der Waals surface area contributed by atoms with Gasteiger partial charge in [0.15, 0.2) is 11.6 Å². The number of thioether (sulfide) groups is 1. The zero-order valence-electron chi connectivity index (χ0n) is 29.0. The third kappa shape index (κ3) is 15.4. The molecule has 0 aliphatic heterocycles. The summed E-state index contributed by atoms with van der Waals surface area (Å²) in [7, 11) is 0. The third-order valence-corrected chi connectivity index (χ3v) is 8.61. The maximum atomic E-state index is 14.0. The first-order chi connectivity index (χ1) is 21.2. The highest BCUT2D eigenvalue weighted by atomic mass is 32.2. The molecule has 0 aromatic heterocycles. The van der Waals surface area contributed by atoms with Crippen molar-refractivity contribution in [2.75, 3.05) is 18.6 Å². The second-order valence-electron chi connectivity index (χ2n) is 13.4. The fourth-order valence-corrected chi connectivity index (χ4v) is 5.61. The van der Waals surface area contributed by atoms with E-state index in [1.807, 2.05) is 92.0 Å². The Hall–Kier alpha value is -2.68. The molecule has 2 N–H and O–H groups in total. The normalized spacial score (nSPS) is 14.8. The van der Waals surface area contributed by atoms with E-state index in [1.54, 1.807) is 11.8 Å². The molecule has 1 rings (SSSR count). The summed E-state index contributed by atoms with van der Waals surface area (Å²) < 4.78 is 5.35. The molecule has 1 aromatic carbocycles. The van der Waals surface area contributed by atoms with Crippen molar-refractivity contribution in [2.45, 2.75) is 106 Å². The molecule has 0 spiro atoms. The Labute approximate surface area is 276 Å². The molecule has 0 saturated heterocycles. The van der Waals surface area contributed by atoms with Crippen molar-refractivity contribution < 1.29 is 28.7 Å². The lowest BCUT2D eigenvalue weighted by Gasteiger charge is -2.28. The monoisotopic (exact) mass is 646 g/mol. The van der Waals surface area contributed by atoms with Gasteiger partial charge < -0.3 is 15.4 Å². The summed E-state index contributed by atoms with van der Waals surface area (Å²) in [6.07, 6.45) is 3.74. The first-order valence-electron chi connectivity index (χ1n) is 16.6. The molecule has 5 unspecified atom stereocenters. The highest BCUT2D eigenvalue weighted by Crippen LogP contribution is 2.21. The lowest BCUT2D eigenvalue weighted by Crippen LogP contribution is -2.50. The number of ether oxygens (including phenoxy) is 1. The van der Waals surface area contributed by atoms with Crippen LogP contribution in [0.1, 0.15) is 93.1 Å². The average Bonchev–Trinajstić information content (AvgIpc) is 2.99. The number of ketones is 2. The van der Waals surface area contributed by atoms with Crippen molar-refractivity contribution >= 4 is 41.1 Å². The molecule has 9 heteroatoms. The number of carbonyl (C=O) groups is 5. The molecule has 0 aliphatic rings. The summed E-state index contributed by atoms with van der Waals surface area (Å²) in [5.41, 5.74) is 0.905. The zero-order valence-corrected chi connectivity index (χ0v) is 29.8. The Morgan fingerprint density at radius 3 is 1.98 bits per heavy atom. The standard InChI is InChI=1S/C36H58N2O6S/c1-10-26(8)33(38-35(42)28(16-17-45-9)21-32(40)44-22-24(4)5)31(39)20-29(19-27-14-12-11-13-15-27)36(43)37-30(18-23(2)3)34(41)25(6)7/h11-15,23-26,28-30,33H,10,16-22H2,1-9H3,(H,37,43)(H,38,42). The number of hydrogen-bond acceptors (Lipinski definition) is 7. The van der Waals surface area contributed by atoms with Crippen molar-refractivity contribution in [3.05, 3.63) is 35.9 Å². The maximum Gasteiger partial charge on any atom is 0.306 e. The number of rotatable bonds is 22. The van der Waals surface area contributed by atoms with Gasteiger partial charge in [0.05, 0.1) is 25.1 Å². The van der Waals surface area contributed by atoms with E-state index in [9.17, 15) is 24.0 Å². The predicted molar refractivity (Wildman–Crippen MR) is 183 cm³/mol. The van der Waals surface area contributed by atoms with Gasteiger partial charge >= 0.3 is 5.97 Å². The number of esters is 1. The minimum absolute atomic E-state index is 0.0326. The second kappa shape index (κ2) is 21.2. The summed E-state index contributed by atoms with van der Waals surface area (Å²) in [5.74, 6) is -2.11. The van der Waals surface area contributed by atoms with Gasteiger partial charge in [-0.25, -0.2) is 0 Å². The Morgan fingerprint density at radius 1 is 0.822 bits per heavy atom. The molecule has 8 nitrogen and oxygen atoms in total. The number of hydrogen-bond donors (Lipinski definition) is 2. The van der Waals surface area contributed by atoms with Gasteiger partial charge in [-0.3, -0.25) is 24.0 Å². The molecule has 0 aliphatic carbocycles. The number of Topliss-reactive ketones (excluding diaryl/α,β-unsaturated/α-hetero) is 2. The van der Waals surface area contributed by atoms with Crippen LogP contribution < -0.4 is 10.6 Å². The lowest BCUT2D eigenvalue weighted by molar-refractivity contribution is -0.148. The first-order valence-corrected chi connectivity index (χ1v) is 17.9. The number of benzene rings is 1. The van der Waals surface area contributed by atoms with Crippen LogP contribution in [0, 0.1) is 35.5 Å². The van der Waals surface area contributed by atoms with Crippen LogP contribution in [0.5, 0.6) is 0 Å². The molecule has 0 fully saturated rings. The van der Waals surface area contributed by atoms with Gasteiger partial charge in [0.25, 0.3) is 0 Å². The van der Waals surface area contributed by atoms with Gasteiger partial charge in [-0.1, -0.05) is 92.1 Å². The number of carbonyl (C=O) groups excluding carboxylic acids is 5. The van der Waals surface area contributed by atoms with Gasteiger partial charge in [0.1, 0.15) is 0 Å². The van der Waals surface area contributed by atoms with E-state index in [2.05, 4.69) is 10.6 Å². The molecule has 254 valence electrons. The predicted octanol–water partition coefficient (Wildman–Crippen LogP) is 6.05. The first kappa shape index (κ1) is 40.3. The Bertz CT molecular complexity index is 1070. The summed E-state index contributed by atoms with van der Waals surface area (Å²) in [6.45, 7) is 15.7. The van der Waals surface area contributed by atoms with Crippen LogP contribution in [0.15, 0.2) is 30.3 Å². The van der Waals surface area contributed by atoms with E-state index in [0.717, 1.165) is 5.56 Å². The van der Waals surface area contributed by atoms with Crippen LogP contribution >= 0.6 is 11.8 Å². The maximum absolute atomic E-state index is 14.0. The van der Waals surface area contributed by atoms with Crippen LogP contribution in [0.25, 0.3) is 0 Å². The van der Waals surface area contributed by atoms with Gasteiger partial charge in [0, 0.05) is 24.2 Å². The van der Waals surface area contributed by atoms with Crippen LogP contribution in [-0.2, 0) is 35.1 Å². The number of nitrogens with one attached hydrogen (secondary N) is 2. The van der Waals surface area contributed by atoms with Gasteiger partial charge in [-0.15, -0.1) is 0 Å². The lowest BCUT2D eigenvalue weighted by atomic mass is 9.86. The van der Waals surface area contributed by atoms with Crippen LogP contribution in [0.2, 0.25) is 0 Å². The summed E-state index contributed by atoms with van der Waals surface area (Å²) in [4.78, 5) is 66.8. The quantitative estimate of drug-likeness (QED) is 0.147. The third-order valence-electron chi connectivity index (χ3n) is 7.97. The number of amides is 2. The minimum atomic E-state index is -0.819. The minimum Gasteiger partial charge on any atom is -0.465 e. The summed E-state index contributed by atoms with van der Waals surface area (Å²) >= 11 is 1.59. The van der Waals surface area contributed by atoms with Crippen LogP contribution in [-0.4, -0.2) is 60.0 Å². The molecule has 1 aromatic rings. The van der Waals surface area contributed by atoms with E-state index in [-0.39, 0.29) is 66.5 Å². The van der Waals surface area contributed by atoms with Gasteiger partial charge in [-0.05, 0) is 54.6 Å². The van der Waals surface area contributed by atoms with Gasteiger partial charge in [-0.2, -0.15) is 11.8 Å². The molecule has 0 saturated carbocycles. The largest absolute Gasteiger partial charge is 0.465 e. The Morgan fingerprint density at radius 2 is 1.44 bits per heavy atom. The molecule has 0 heterocycles. The smallest absolute Gasteiger partial charge is 0.306 e. The fraction of sp³-hybridized carbons (Fsp3) is 0.694. The highest BCUT2D eigenvalue weighted by molar-refractivity contribution is 7.98. The molecular formula is C36H58N2O6S. The van der Waals surface area contributed by atoms with Crippen molar-refractivity contribution in [1.29, 1.82) is 0 Å². The molecule has 0 bridgehead atoms. The Balaban J connectivity index is 3.26. The highest BCUT2D eigenvalue weighted by Gasteiger charge is 2.34. The summed E-state index contributed by atoms with van der Waals surface area (Å²) in [6, 6.07) is 8.04. The van der Waals surface area contributed by atoms with E-state index >= 15 is 0 Å². The fourth-order valence-electron chi connectivity index (χ4n) is 5.09. The SMILES string of the molecule is CCC(C)C(NC(=O)C(CCSC)CC(=O)OCC(C)C)C(=O)CC(Cc1ccccc1)C(=O)NC(CC(C)C)C(=O)C(C)C. The molecule has 45 heavy (non-hydrogen) atoms. The van der Waals surface area contributed by atoms with Crippen molar-refractivity contribution in [1.82, 2.24) is 10.6 Å². The van der Waals surface area contributed by atoms with E-state index in [4.69, 9.17) is 4.74 Å². The van der Waals surface area contributed by atoms with Gasteiger partial charge in [0.2, 0.25) is 11.8 Å². The molecule has 0 radical (unpaired) electrons. The van der Waals surface area contributed by atoms with Crippen molar-refractivity contribution in [2.24, 2.45) is 35.5 Å². The van der Waals surface area contributed by atoms with Crippen LogP contribution in [0.4, 0.5) is 0 Å². The van der Waals surface area contributed by atoms with E-state index < -0.39 is 29.9 Å². The van der Waals surface area contributed by atoms with E-state index in [1.165, 1.54) is 0 Å². The van der Waals surface area contributed by atoms with E-state index in [0.29, 0.717) is 31.4 Å². The Kier molecular flexibility index (Phi) is 19.0. The van der Waals surface area contributed by atoms with Crippen molar-refractivity contribution in [3.8, 4) is 0 Å². The zero-order chi connectivity index (χ0) is 34.1. The topological polar surface area (TPSA) is 119 Å². The van der Waals surface area contributed by atoms with Crippen LogP contribution in [0.3, 0.4) is 0 Å².